The summed E-state index contributed by atoms with van der Waals surface area (Å²) in [5.74, 6) is -4.20. The van der Waals surface area contributed by atoms with Crippen molar-refractivity contribution in [1.29, 1.82) is 0 Å². The van der Waals surface area contributed by atoms with E-state index in [4.69, 9.17) is 5.11 Å². The highest BCUT2D eigenvalue weighted by molar-refractivity contribution is 5.99. The Hall–Kier alpha value is -2.12. The van der Waals surface area contributed by atoms with Crippen LogP contribution in [-0.2, 0) is 9.59 Å². The molecular weight excluding hydrogens is 306 g/mol. The van der Waals surface area contributed by atoms with Gasteiger partial charge in [-0.25, -0.2) is 9.18 Å². The molecule has 1 rings (SSSR count). The molecule has 0 fully saturated rings. The van der Waals surface area contributed by atoms with E-state index in [9.17, 15) is 27.2 Å². The quantitative estimate of drug-likeness (QED) is 0.783. The van der Waals surface area contributed by atoms with Crippen molar-refractivity contribution in [2.75, 3.05) is 0 Å². The standard InChI is InChI=1S/C14H15F4NO3/c1-7(2)11(13(21)22)19-12(20)9-6-8(14(16,17)18)4-3-5-10(9)15/h4-7,11H,3H2,1-2H3,(H,19,20)(H,21,22)/t11-/m1/s1. The molecule has 122 valence electrons. The summed E-state index contributed by atoms with van der Waals surface area (Å²) in [7, 11) is 0. The summed E-state index contributed by atoms with van der Waals surface area (Å²) >= 11 is 0. The van der Waals surface area contributed by atoms with E-state index in [0.717, 1.165) is 12.2 Å². The van der Waals surface area contributed by atoms with E-state index in [1.165, 1.54) is 13.8 Å². The van der Waals surface area contributed by atoms with E-state index in [1.54, 1.807) is 0 Å². The van der Waals surface area contributed by atoms with Gasteiger partial charge in [0.05, 0.1) is 11.1 Å². The average Bonchev–Trinajstić information content (AvgIpc) is 2.56. The number of amides is 1. The van der Waals surface area contributed by atoms with Gasteiger partial charge in [0.25, 0.3) is 5.91 Å². The maximum Gasteiger partial charge on any atom is 0.416 e. The van der Waals surface area contributed by atoms with Gasteiger partial charge in [0.1, 0.15) is 11.9 Å². The topological polar surface area (TPSA) is 66.4 Å². The molecule has 4 nitrogen and oxygen atoms in total. The van der Waals surface area contributed by atoms with E-state index in [-0.39, 0.29) is 6.42 Å². The van der Waals surface area contributed by atoms with Gasteiger partial charge in [-0.05, 0) is 24.5 Å². The van der Waals surface area contributed by atoms with E-state index in [2.05, 4.69) is 0 Å². The monoisotopic (exact) mass is 321 g/mol. The summed E-state index contributed by atoms with van der Waals surface area (Å²) in [5, 5.41) is 11.0. The van der Waals surface area contributed by atoms with Crippen LogP contribution in [0.15, 0.2) is 35.2 Å². The Morgan fingerprint density at radius 1 is 1.27 bits per heavy atom. The van der Waals surface area contributed by atoms with Gasteiger partial charge in [0, 0.05) is 0 Å². The van der Waals surface area contributed by atoms with Gasteiger partial charge in [-0.2, -0.15) is 13.2 Å². The summed E-state index contributed by atoms with van der Waals surface area (Å²) in [5.41, 5.74) is -1.99. The van der Waals surface area contributed by atoms with Gasteiger partial charge in [-0.1, -0.05) is 19.9 Å². The number of nitrogens with one attached hydrogen (secondary N) is 1. The number of carboxylic acid groups (broad SMARTS) is 1. The first-order valence-corrected chi connectivity index (χ1v) is 6.42. The highest BCUT2D eigenvalue weighted by Gasteiger charge is 2.34. The molecule has 0 radical (unpaired) electrons. The zero-order valence-corrected chi connectivity index (χ0v) is 11.9. The lowest BCUT2D eigenvalue weighted by atomic mass is 10.0. The number of carbonyl (C=O) groups excluding carboxylic acids is 1. The molecule has 0 spiro atoms. The largest absolute Gasteiger partial charge is 0.480 e. The number of carbonyl (C=O) groups is 2. The summed E-state index contributed by atoms with van der Waals surface area (Å²) < 4.78 is 51.9. The van der Waals surface area contributed by atoms with Crippen LogP contribution in [-0.4, -0.2) is 29.2 Å². The van der Waals surface area contributed by atoms with Crippen LogP contribution in [0.3, 0.4) is 0 Å². The number of aliphatic carboxylic acids is 1. The molecule has 0 bridgehead atoms. The fourth-order valence-electron chi connectivity index (χ4n) is 1.79. The summed E-state index contributed by atoms with van der Waals surface area (Å²) in [6, 6.07) is -1.33. The van der Waals surface area contributed by atoms with Gasteiger partial charge >= 0.3 is 12.1 Å². The Kier molecular flexibility index (Phi) is 5.51. The highest BCUT2D eigenvalue weighted by Crippen LogP contribution is 2.31. The van der Waals surface area contributed by atoms with Gasteiger partial charge in [-0.15, -0.1) is 0 Å². The van der Waals surface area contributed by atoms with Crippen LogP contribution in [0, 0.1) is 5.92 Å². The van der Waals surface area contributed by atoms with Crippen molar-refractivity contribution < 1.29 is 32.3 Å². The fraction of sp³-hybridized carbons (Fsp3) is 0.429. The van der Waals surface area contributed by atoms with Gasteiger partial charge in [0.15, 0.2) is 0 Å². The maximum atomic E-state index is 13.8. The number of halogens is 4. The van der Waals surface area contributed by atoms with E-state index in [1.807, 2.05) is 5.32 Å². The lowest BCUT2D eigenvalue weighted by Crippen LogP contribution is -2.45. The number of hydrogen-bond acceptors (Lipinski definition) is 2. The first kappa shape index (κ1) is 17.9. The summed E-state index contributed by atoms with van der Waals surface area (Å²) in [6.07, 6.45) is -3.09. The number of carboxylic acids is 1. The van der Waals surface area contributed by atoms with Crippen LogP contribution in [0.25, 0.3) is 0 Å². The van der Waals surface area contributed by atoms with Crippen molar-refractivity contribution >= 4 is 11.9 Å². The average molecular weight is 321 g/mol. The van der Waals surface area contributed by atoms with Crippen LogP contribution in [0.2, 0.25) is 0 Å². The lowest BCUT2D eigenvalue weighted by Gasteiger charge is -2.18. The number of hydrogen-bond donors (Lipinski definition) is 2. The van der Waals surface area contributed by atoms with Crippen molar-refractivity contribution in [3.63, 3.8) is 0 Å². The van der Waals surface area contributed by atoms with Crippen molar-refractivity contribution in [2.45, 2.75) is 32.5 Å². The molecule has 1 aliphatic rings. The Morgan fingerprint density at radius 3 is 2.32 bits per heavy atom. The fourth-order valence-corrected chi connectivity index (χ4v) is 1.79. The third kappa shape index (κ3) is 4.44. The molecule has 1 atom stereocenters. The van der Waals surface area contributed by atoms with Crippen LogP contribution in [0.4, 0.5) is 17.6 Å². The summed E-state index contributed by atoms with van der Waals surface area (Å²) in [6.45, 7) is 3.02. The highest BCUT2D eigenvalue weighted by atomic mass is 19.4. The Balaban J connectivity index is 3.10. The van der Waals surface area contributed by atoms with Gasteiger partial charge in [0.2, 0.25) is 0 Å². The SMILES string of the molecule is CC(C)[C@@H](NC(=O)C1=CC(C(F)(F)F)=CCC=C1F)C(=O)O. The molecule has 0 heterocycles. The normalized spacial score (nSPS) is 17.1. The van der Waals surface area contributed by atoms with Crippen LogP contribution < -0.4 is 5.32 Å². The predicted molar refractivity (Wildman–Crippen MR) is 70.4 cm³/mol. The molecule has 22 heavy (non-hydrogen) atoms. The summed E-state index contributed by atoms with van der Waals surface area (Å²) in [4.78, 5) is 22.9. The molecule has 0 saturated heterocycles. The molecule has 0 saturated carbocycles. The number of allylic oxidation sites excluding steroid dienone is 4. The predicted octanol–water partition coefficient (Wildman–Crippen LogP) is 2.88. The van der Waals surface area contributed by atoms with Crippen molar-refractivity contribution in [1.82, 2.24) is 5.32 Å². The van der Waals surface area contributed by atoms with Crippen LogP contribution >= 0.6 is 0 Å². The zero-order valence-electron chi connectivity index (χ0n) is 11.9. The minimum absolute atomic E-state index is 0.319. The van der Waals surface area contributed by atoms with Crippen LogP contribution in [0.5, 0.6) is 0 Å². The van der Waals surface area contributed by atoms with Gasteiger partial charge in [-0.3, -0.25) is 4.79 Å². The molecule has 0 unspecified atom stereocenters. The molecule has 0 aromatic heterocycles. The minimum atomic E-state index is -4.73. The maximum absolute atomic E-state index is 13.8. The molecule has 2 N–H and O–H groups in total. The van der Waals surface area contributed by atoms with Crippen molar-refractivity contribution in [3.8, 4) is 0 Å². The molecule has 0 aliphatic heterocycles. The third-order valence-electron chi connectivity index (χ3n) is 2.98. The number of alkyl halides is 3. The molecule has 0 aromatic rings. The second kappa shape index (κ2) is 6.76. The van der Waals surface area contributed by atoms with Crippen LogP contribution in [0.1, 0.15) is 20.3 Å². The molecule has 8 heteroatoms. The Morgan fingerprint density at radius 2 is 1.86 bits per heavy atom. The zero-order chi connectivity index (χ0) is 17.1. The second-order valence-electron chi connectivity index (χ2n) is 5.04. The van der Waals surface area contributed by atoms with Gasteiger partial charge < -0.3 is 10.4 Å². The smallest absolute Gasteiger partial charge is 0.416 e. The minimum Gasteiger partial charge on any atom is -0.480 e. The third-order valence-corrected chi connectivity index (χ3v) is 2.98. The number of rotatable bonds is 4. The van der Waals surface area contributed by atoms with E-state index >= 15 is 0 Å². The Labute approximate surface area is 124 Å². The van der Waals surface area contributed by atoms with E-state index < -0.39 is 47.0 Å². The van der Waals surface area contributed by atoms with E-state index in [0.29, 0.717) is 6.08 Å². The van der Waals surface area contributed by atoms with Crippen molar-refractivity contribution in [3.05, 3.63) is 35.2 Å². The first-order valence-electron chi connectivity index (χ1n) is 6.42. The Bertz CT molecular complexity index is 559. The van der Waals surface area contributed by atoms with Crippen molar-refractivity contribution in [2.24, 2.45) is 5.92 Å². The molecular formula is C14H15F4NO3. The molecule has 0 aromatic carbocycles. The molecule has 1 amide bonds. The lowest BCUT2D eigenvalue weighted by molar-refractivity contribution is -0.142. The second-order valence-corrected chi connectivity index (χ2v) is 5.04. The first-order chi connectivity index (χ1) is 10.0. The molecule has 1 aliphatic carbocycles.